The first-order valence-electron chi connectivity index (χ1n) is 8.60. The highest BCUT2D eigenvalue weighted by molar-refractivity contribution is 7.18. The van der Waals surface area contributed by atoms with Gasteiger partial charge in [-0.15, -0.1) is 10.2 Å². The van der Waals surface area contributed by atoms with Crippen molar-refractivity contribution in [2.75, 3.05) is 18.5 Å². The van der Waals surface area contributed by atoms with Crippen LogP contribution < -0.4 is 10.6 Å². The van der Waals surface area contributed by atoms with Gasteiger partial charge in [0.2, 0.25) is 16.9 Å². The molecule has 1 aromatic carbocycles. The topological polar surface area (TPSA) is 110 Å². The average molecular weight is 390 g/mol. The smallest absolute Gasteiger partial charge is 0.306 e. The molecule has 0 saturated heterocycles. The number of hydrogen-bond acceptors (Lipinski definition) is 7. The van der Waals surface area contributed by atoms with Gasteiger partial charge in [0, 0.05) is 24.9 Å². The molecule has 2 N–H and O–H groups in total. The minimum atomic E-state index is -0.411. The van der Waals surface area contributed by atoms with Crippen LogP contribution in [0.3, 0.4) is 0 Å². The Kier molecular flexibility index (Phi) is 7.87. The second-order valence-corrected chi connectivity index (χ2v) is 6.71. The average Bonchev–Trinajstić information content (AvgIpc) is 3.09. The van der Waals surface area contributed by atoms with E-state index in [1.165, 1.54) is 11.3 Å². The molecule has 8 nitrogen and oxygen atoms in total. The molecule has 0 saturated carbocycles. The molecule has 0 aliphatic heterocycles. The van der Waals surface area contributed by atoms with Gasteiger partial charge in [-0.3, -0.25) is 14.4 Å². The number of amides is 2. The molecule has 0 atom stereocenters. The highest BCUT2D eigenvalue weighted by atomic mass is 32.1. The zero-order chi connectivity index (χ0) is 19.6. The first-order valence-corrected chi connectivity index (χ1v) is 9.42. The summed E-state index contributed by atoms with van der Waals surface area (Å²) in [4.78, 5) is 34.7. The van der Waals surface area contributed by atoms with E-state index in [-0.39, 0.29) is 44.2 Å². The van der Waals surface area contributed by atoms with Crippen LogP contribution in [0.5, 0.6) is 0 Å². The molecule has 0 fully saturated rings. The van der Waals surface area contributed by atoms with Crippen LogP contribution in [0.1, 0.15) is 31.7 Å². The lowest BCUT2D eigenvalue weighted by atomic mass is 10.2. The molecule has 0 unspecified atom stereocenters. The number of benzene rings is 1. The van der Waals surface area contributed by atoms with Crippen molar-refractivity contribution in [3.05, 3.63) is 29.8 Å². The highest BCUT2D eigenvalue weighted by Gasteiger charge is 2.11. The lowest BCUT2D eigenvalue weighted by molar-refractivity contribution is -0.144. The molecule has 0 aliphatic carbocycles. The van der Waals surface area contributed by atoms with Gasteiger partial charge < -0.3 is 15.4 Å². The first-order chi connectivity index (χ1) is 13.0. The van der Waals surface area contributed by atoms with E-state index >= 15 is 0 Å². The van der Waals surface area contributed by atoms with Crippen molar-refractivity contribution < 1.29 is 19.1 Å². The fourth-order valence-electron chi connectivity index (χ4n) is 2.12. The summed E-state index contributed by atoms with van der Waals surface area (Å²) in [5.74, 6) is -0.980. The van der Waals surface area contributed by atoms with Crippen LogP contribution in [0, 0.1) is 6.92 Å². The molecule has 2 rings (SSSR count). The minimum absolute atomic E-state index is 0.0262. The largest absolute Gasteiger partial charge is 0.466 e. The molecular weight excluding hydrogens is 368 g/mol. The Morgan fingerprint density at radius 1 is 1.04 bits per heavy atom. The minimum Gasteiger partial charge on any atom is -0.466 e. The van der Waals surface area contributed by atoms with Gasteiger partial charge in [-0.05, 0) is 13.8 Å². The van der Waals surface area contributed by atoms with Crippen molar-refractivity contribution in [1.29, 1.82) is 0 Å². The molecular formula is C18H22N4O4S. The summed E-state index contributed by atoms with van der Waals surface area (Å²) in [5, 5.41) is 14.4. The number of rotatable bonds is 9. The monoisotopic (exact) mass is 390 g/mol. The summed E-state index contributed by atoms with van der Waals surface area (Å²) in [6.45, 7) is 4.18. The van der Waals surface area contributed by atoms with Crippen molar-refractivity contribution >= 4 is 34.3 Å². The van der Waals surface area contributed by atoms with Gasteiger partial charge in [0.25, 0.3) is 0 Å². The van der Waals surface area contributed by atoms with E-state index in [0.717, 1.165) is 16.1 Å². The van der Waals surface area contributed by atoms with Gasteiger partial charge in [0.1, 0.15) is 5.01 Å². The van der Waals surface area contributed by atoms with E-state index in [1.807, 2.05) is 31.2 Å². The number of nitrogens with zero attached hydrogens (tertiary/aromatic N) is 2. The summed E-state index contributed by atoms with van der Waals surface area (Å²) in [7, 11) is 0. The summed E-state index contributed by atoms with van der Waals surface area (Å²) in [6.07, 6.45) is 0.166. The Labute approximate surface area is 161 Å². The molecule has 2 aromatic rings. The first kappa shape index (κ1) is 20.5. The molecule has 1 aromatic heterocycles. The summed E-state index contributed by atoms with van der Waals surface area (Å²) < 4.78 is 4.75. The molecule has 144 valence electrons. The van der Waals surface area contributed by atoms with Gasteiger partial charge in [-0.2, -0.15) is 0 Å². The third-order valence-electron chi connectivity index (χ3n) is 3.51. The quantitative estimate of drug-likeness (QED) is 0.636. The van der Waals surface area contributed by atoms with Gasteiger partial charge >= 0.3 is 5.97 Å². The van der Waals surface area contributed by atoms with Crippen molar-refractivity contribution in [2.45, 2.75) is 33.1 Å². The van der Waals surface area contributed by atoms with Crippen LogP contribution in [0.2, 0.25) is 0 Å². The zero-order valence-corrected chi connectivity index (χ0v) is 16.1. The van der Waals surface area contributed by atoms with Gasteiger partial charge in [0.05, 0.1) is 13.0 Å². The van der Waals surface area contributed by atoms with E-state index < -0.39 is 5.97 Å². The van der Waals surface area contributed by atoms with Crippen molar-refractivity contribution in [3.8, 4) is 10.6 Å². The summed E-state index contributed by atoms with van der Waals surface area (Å²) in [5.41, 5.74) is 2.09. The Hall–Kier alpha value is -2.81. The van der Waals surface area contributed by atoms with Crippen LogP contribution in [0.4, 0.5) is 5.13 Å². The molecule has 2 amide bonds. The molecule has 0 radical (unpaired) electrons. The Morgan fingerprint density at radius 3 is 2.48 bits per heavy atom. The number of carbonyl (C=O) groups is 3. The normalized spacial score (nSPS) is 10.3. The van der Waals surface area contributed by atoms with E-state index in [4.69, 9.17) is 4.74 Å². The Bertz CT molecular complexity index is 789. The fourth-order valence-corrected chi connectivity index (χ4v) is 2.89. The molecule has 1 heterocycles. The highest BCUT2D eigenvalue weighted by Crippen LogP contribution is 2.26. The predicted octanol–water partition coefficient (Wildman–Crippen LogP) is 2.30. The van der Waals surface area contributed by atoms with Gasteiger partial charge in [0.15, 0.2) is 0 Å². The Balaban J connectivity index is 1.71. The number of aromatic nitrogens is 2. The number of anilines is 1. The summed E-state index contributed by atoms with van der Waals surface area (Å²) in [6, 6.07) is 7.87. The second kappa shape index (κ2) is 10.4. The predicted molar refractivity (Wildman–Crippen MR) is 102 cm³/mol. The number of nitrogens with one attached hydrogen (secondary N) is 2. The second-order valence-electron chi connectivity index (χ2n) is 5.73. The van der Waals surface area contributed by atoms with Crippen molar-refractivity contribution in [2.24, 2.45) is 0 Å². The lowest BCUT2D eigenvalue weighted by Crippen LogP contribution is -2.28. The maximum Gasteiger partial charge on any atom is 0.306 e. The van der Waals surface area contributed by atoms with Crippen LogP contribution >= 0.6 is 11.3 Å². The maximum atomic E-state index is 11.9. The van der Waals surface area contributed by atoms with Crippen LogP contribution in [0.25, 0.3) is 10.6 Å². The number of carbonyl (C=O) groups excluding carboxylic acids is 3. The van der Waals surface area contributed by atoms with Gasteiger partial charge in [-0.1, -0.05) is 41.2 Å². The van der Waals surface area contributed by atoms with Gasteiger partial charge in [-0.25, -0.2) is 0 Å². The number of ether oxygens (including phenoxy) is 1. The zero-order valence-electron chi connectivity index (χ0n) is 15.3. The van der Waals surface area contributed by atoms with Crippen LogP contribution in [-0.4, -0.2) is 41.1 Å². The third-order valence-corrected chi connectivity index (χ3v) is 4.39. The van der Waals surface area contributed by atoms with E-state index in [0.29, 0.717) is 5.13 Å². The lowest BCUT2D eigenvalue weighted by Gasteiger charge is -2.05. The molecule has 0 aliphatic rings. The number of aryl methyl sites for hydroxylation is 1. The van der Waals surface area contributed by atoms with E-state index in [2.05, 4.69) is 20.8 Å². The SMILES string of the molecule is CCOC(=O)CCC(=O)NCCC(=O)Nc1nnc(-c2ccc(C)cc2)s1. The number of esters is 1. The Morgan fingerprint density at radius 2 is 1.78 bits per heavy atom. The molecule has 9 heteroatoms. The van der Waals surface area contributed by atoms with Crippen molar-refractivity contribution in [1.82, 2.24) is 15.5 Å². The molecule has 27 heavy (non-hydrogen) atoms. The molecule has 0 spiro atoms. The third kappa shape index (κ3) is 7.14. The van der Waals surface area contributed by atoms with Crippen LogP contribution in [0.15, 0.2) is 24.3 Å². The maximum absolute atomic E-state index is 11.9. The van der Waals surface area contributed by atoms with Crippen molar-refractivity contribution in [3.63, 3.8) is 0 Å². The summed E-state index contributed by atoms with van der Waals surface area (Å²) >= 11 is 1.28. The van der Waals surface area contributed by atoms with Crippen LogP contribution in [-0.2, 0) is 19.1 Å². The fraction of sp³-hybridized carbons (Fsp3) is 0.389. The van der Waals surface area contributed by atoms with E-state index in [1.54, 1.807) is 6.92 Å². The van der Waals surface area contributed by atoms with E-state index in [9.17, 15) is 14.4 Å². The standard InChI is InChI=1S/C18H22N4O4S/c1-3-26-16(25)9-8-14(23)19-11-10-15(24)20-18-22-21-17(27-18)13-6-4-12(2)5-7-13/h4-7H,3,8-11H2,1-2H3,(H,19,23)(H,20,22,24). The molecule has 0 bridgehead atoms. The number of hydrogen-bond donors (Lipinski definition) is 2.